The Morgan fingerprint density at radius 2 is 1.61 bits per heavy atom. The van der Waals surface area contributed by atoms with Crippen molar-refractivity contribution in [3.05, 3.63) is 29.3 Å². The molecule has 2 N–H and O–H groups in total. The van der Waals surface area contributed by atoms with Crippen molar-refractivity contribution in [3.8, 4) is 0 Å². The maximum absolute atomic E-state index is 12.2. The lowest BCUT2D eigenvalue weighted by Crippen LogP contribution is -2.53. The summed E-state index contributed by atoms with van der Waals surface area (Å²) in [6, 6.07) is 6.51. The lowest BCUT2D eigenvalue weighted by atomic mass is 10.1. The van der Waals surface area contributed by atoms with Crippen molar-refractivity contribution in [1.29, 1.82) is 0 Å². The van der Waals surface area contributed by atoms with Gasteiger partial charge in [0.25, 0.3) is 0 Å². The molecule has 1 aromatic rings. The van der Waals surface area contributed by atoms with Crippen molar-refractivity contribution in [2.24, 2.45) is 5.92 Å². The van der Waals surface area contributed by atoms with E-state index in [9.17, 15) is 14.4 Å². The summed E-state index contributed by atoms with van der Waals surface area (Å²) in [7, 11) is 0. The number of benzene rings is 1. The average Bonchev–Trinajstić information content (AvgIpc) is 2.55. The molecule has 7 nitrogen and oxygen atoms in total. The van der Waals surface area contributed by atoms with Gasteiger partial charge in [-0.25, -0.2) is 4.79 Å². The van der Waals surface area contributed by atoms with Crippen LogP contribution in [0.2, 0.25) is 5.02 Å². The van der Waals surface area contributed by atoms with Crippen LogP contribution in [-0.2, 0) is 9.59 Å². The zero-order valence-electron chi connectivity index (χ0n) is 12.7. The summed E-state index contributed by atoms with van der Waals surface area (Å²) in [5.74, 6) is -2.63. The van der Waals surface area contributed by atoms with Crippen LogP contribution in [0.3, 0.4) is 0 Å². The van der Waals surface area contributed by atoms with Gasteiger partial charge in [0.1, 0.15) is 5.92 Å². The van der Waals surface area contributed by atoms with E-state index in [2.05, 4.69) is 5.32 Å². The molecule has 1 atom stereocenters. The molecule has 0 aliphatic carbocycles. The van der Waals surface area contributed by atoms with Gasteiger partial charge in [-0.3, -0.25) is 9.59 Å². The Morgan fingerprint density at radius 3 is 2.13 bits per heavy atom. The summed E-state index contributed by atoms with van der Waals surface area (Å²) in [4.78, 5) is 38.0. The number of halogens is 1. The van der Waals surface area contributed by atoms with E-state index in [4.69, 9.17) is 16.7 Å². The molecular formula is C15H18ClN3O4. The van der Waals surface area contributed by atoms with Gasteiger partial charge in [-0.05, 0) is 31.2 Å². The van der Waals surface area contributed by atoms with Crippen LogP contribution in [0.5, 0.6) is 0 Å². The molecule has 0 radical (unpaired) electrons. The first-order valence-electron chi connectivity index (χ1n) is 7.21. The minimum Gasteiger partial charge on any atom is -0.481 e. The van der Waals surface area contributed by atoms with Crippen molar-refractivity contribution in [1.82, 2.24) is 9.80 Å². The highest BCUT2D eigenvalue weighted by Gasteiger charge is 2.29. The van der Waals surface area contributed by atoms with Gasteiger partial charge in [0, 0.05) is 36.9 Å². The summed E-state index contributed by atoms with van der Waals surface area (Å²) in [6.07, 6.45) is 0. The molecule has 1 aliphatic heterocycles. The van der Waals surface area contributed by atoms with Gasteiger partial charge in [-0.15, -0.1) is 0 Å². The Kier molecular flexibility index (Phi) is 5.44. The quantitative estimate of drug-likeness (QED) is 0.821. The molecule has 23 heavy (non-hydrogen) atoms. The normalized spacial score (nSPS) is 15.9. The number of hydrogen-bond acceptors (Lipinski definition) is 3. The van der Waals surface area contributed by atoms with E-state index in [-0.39, 0.29) is 6.03 Å². The van der Waals surface area contributed by atoms with Crippen LogP contribution in [0.1, 0.15) is 6.92 Å². The predicted octanol–water partition coefficient (Wildman–Crippen LogP) is 1.74. The molecule has 3 amide bonds. The van der Waals surface area contributed by atoms with Crippen LogP contribution in [-0.4, -0.2) is 59.0 Å². The highest BCUT2D eigenvalue weighted by atomic mass is 35.5. The molecule has 0 saturated carbocycles. The van der Waals surface area contributed by atoms with Crippen molar-refractivity contribution < 1.29 is 19.5 Å². The number of carbonyl (C=O) groups excluding carboxylic acids is 2. The molecule has 0 aromatic heterocycles. The van der Waals surface area contributed by atoms with Crippen molar-refractivity contribution in [2.45, 2.75) is 6.92 Å². The van der Waals surface area contributed by atoms with Gasteiger partial charge >= 0.3 is 12.0 Å². The summed E-state index contributed by atoms with van der Waals surface area (Å²) in [6.45, 7) is 2.73. The smallest absolute Gasteiger partial charge is 0.321 e. The fraction of sp³-hybridized carbons (Fsp3) is 0.400. The van der Waals surface area contributed by atoms with Crippen LogP contribution in [0.25, 0.3) is 0 Å². The number of piperazine rings is 1. The third-order valence-corrected chi connectivity index (χ3v) is 3.97. The molecule has 124 valence electrons. The number of carbonyl (C=O) groups is 3. The second kappa shape index (κ2) is 7.32. The van der Waals surface area contributed by atoms with E-state index in [1.807, 2.05) is 0 Å². The lowest BCUT2D eigenvalue weighted by Gasteiger charge is -2.35. The minimum absolute atomic E-state index is 0.259. The molecule has 2 rings (SSSR count). The van der Waals surface area contributed by atoms with E-state index in [0.717, 1.165) is 0 Å². The molecule has 1 saturated heterocycles. The molecule has 8 heteroatoms. The van der Waals surface area contributed by atoms with E-state index < -0.39 is 17.8 Å². The molecule has 1 fully saturated rings. The number of rotatable bonds is 3. The number of nitrogens with one attached hydrogen (secondary N) is 1. The molecule has 1 aliphatic rings. The molecule has 1 heterocycles. The number of hydrogen-bond donors (Lipinski definition) is 2. The third kappa shape index (κ3) is 4.35. The Labute approximate surface area is 138 Å². The third-order valence-electron chi connectivity index (χ3n) is 3.71. The fourth-order valence-electron chi connectivity index (χ4n) is 2.25. The van der Waals surface area contributed by atoms with E-state index in [1.165, 1.54) is 11.8 Å². The highest BCUT2D eigenvalue weighted by molar-refractivity contribution is 6.30. The van der Waals surface area contributed by atoms with E-state index in [1.54, 1.807) is 29.2 Å². The van der Waals surface area contributed by atoms with Crippen LogP contribution >= 0.6 is 11.6 Å². The lowest BCUT2D eigenvalue weighted by molar-refractivity contribution is -0.150. The molecule has 0 bridgehead atoms. The number of amides is 3. The topological polar surface area (TPSA) is 90.0 Å². The van der Waals surface area contributed by atoms with Gasteiger partial charge in [-0.2, -0.15) is 0 Å². The van der Waals surface area contributed by atoms with Crippen LogP contribution in [0.15, 0.2) is 24.3 Å². The van der Waals surface area contributed by atoms with E-state index in [0.29, 0.717) is 36.9 Å². The summed E-state index contributed by atoms with van der Waals surface area (Å²) < 4.78 is 0. The zero-order valence-corrected chi connectivity index (χ0v) is 13.4. The number of anilines is 1. The molecule has 1 aromatic carbocycles. The molecule has 1 unspecified atom stereocenters. The van der Waals surface area contributed by atoms with Crippen LogP contribution in [0, 0.1) is 5.92 Å². The SMILES string of the molecule is CC(C(=O)O)C(=O)N1CCN(C(=O)Nc2ccc(Cl)cc2)CC1. The van der Waals surface area contributed by atoms with Gasteiger partial charge in [0.2, 0.25) is 5.91 Å². The number of urea groups is 1. The van der Waals surface area contributed by atoms with Gasteiger partial charge in [0.15, 0.2) is 0 Å². The maximum Gasteiger partial charge on any atom is 0.321 e. The van der Waals surface area contributed by atoms with Crippen LogP contribution in [0.4, 0.5) is 10.5 Å². The van der Waals surface area contributed by atoms with Crippen molar-refractivity contribution >= 4 is 35.2 Å². The van der Waals surface area contributed by atoms with Crippen molar-refractivity contribution in [2.75, 3.05) is 31.5 Å². The second-order valence-corrected chi connectivity index (χ2v) is 5.75. The number of aliphatic carboxylic acids is 1. The monoisotopic (exact) mass is 339 g/mol. The van der Waals surface area contributed by atoms with Crippen LogP contribution < -0.4 is 5.32 Å². The maximum atomic E-state index is 12.2. The fourth-order valence-corrected chi connectivity index (χ4v) is 2.37. The minimum atomic E-state index is -1.14. The largest absolute Gasteiger partial charge is 0.481 e. The highest BCUT2D eigenvalue weighted by Crippen LogP contribution is 2.15. The molecule has 0 spiro atoms. The first kappa shape index (κ1) is 17.1. The van der Waals surface area contributed by atoms with Gasteiger partial charge in [-0.1, -0.05) is 11.6 Å². The Hall–Kier alpha value is -2.28. The first-order chi connectivity index (χ1) is 10.9. The Bertz CT molecular complexity index is 597. The predicted molar refractivity (Wildman–Crippen MR) is 85.4 cm³/mol. The second-order valence-electron chi connectivity index (χ2n) is 5.31. The molecular weight excluding hydrogens is 322 g/mol. The number of nitrogens with zero attached hydrogens (tertiary/aromatic N) is 2. The summed E-state index contributed by atoms with van der Waals surface area (Å²) in [5, 5.41) is 12.2. The van der Waals surface area contributed by atoms with Crippen molar-refractivity contribution in [3.63, 3.8) is 0 Å². The van der Waals surface area contributed by atoms with Gasteiger partial charge in [0.05, 0.1) is 0 Å². The van der Waals surface area contributed by atoms with Gasteiger partial charge < -0.3 is 20.2 Å². The Morgan fingerprint density at radius 1 is 1.09 bits per heavy atom. The van der Waals surface area contributed by atoms with E-state index >= 15 is 0 Å². The summed E-state index contributed by atoms with van der Waals surface area (Å²) >= 11 is 5.79. The average molecular weight is 340 g/mol. The number of carboxylic acid groups (broad SMARTS) is 1. The number of carboxylic acids is 1. The standard InChI is InChI=1S/C15H18ClN3O4/c1-10(14(21)22)13(20)18-6-8-19(9-7-18)15(23)17-12-4-2-11(16)3-5-12/h2-5,10H,6-9H2,1H3,(H,17,23)(H,21,22). The first-order valence-corrected chi connectivity index (χ1v) is 7.59. The zero-order chi connectivity index (χ0) is 17.0. The Balaban J connectivity index is 1.86. The summed E-state index contributed by atoms with van der Waals surface area (Å²) in [5.41, 5.74) is 0.636.